The first-order valence-corrected chi connectivity index (χ1v) is 13.4. The highest BCUT2D eigenvalue weighted by molar-refractivity contribution is 6.46. The van der Waals surface area contributed by atoms with Crippen LogP contribution in [-0.4, -0.2) is 44.8 Å². The number of aliphatic hydroxyl groups excluding tert-OH is 1. The third-order valence-corrected chi connectivity index (χ3v) is 7.12. The molecular weight excluding hydrogens is 506 g/mol. The van der Waals surface area contributed by atoms with Gasteiger partial charge in [-0.2, -0.15) is 0 Å². The maximum absolute atomic E-state index is 13.6. The molecule has 1 aliphatic rings. The lowest BCUT2D eigenvalue weighted by Crippen LogP contribution is -2.29. The average Bonchev–Trinajstić information content (AvgIpc) is 3.41. The largest absolute Gasteiger partial charge is 0.505 e. The summed E-state index contributed by atoms with van der Waals surface area (Å²) < 4.78 is 13.3. The summed E-state index contributed by atoms with van der Waals surface area (Å²) in [5, 5.41) is 11.7. The zero-order valence-electron chi connectivity index (χ0n) is 23.1. The van der Waals surface area contributed by atoms with Crippen molar-refractivity contribution in [2.45, 2.75) is 39.8 Å². The number of rotatable bonds is 9. The number of aliphatic hydroxyl groups is 1. The summed E-state index contributed by atoms with van der Waals surface area (Å²) in [4.78, 5) is 33.1. The van der Waals surface area contributed by atoms with Gasteiger partial charge in [0.15, 0.2) is 17.3 Å². The molecule has 8 nitrogen and oxygen atoms in total. The summed E-state index contributed by atoms with van der Waals surface area (Å²) in [6.45, 7) is 6.75. The molecule has 0 bridgehead atoms. The molecule has 1 fully saturated rings. The number of aryl methyl sites for hydroxylation is 1. The third kappa shape index (κ3) is 5.04. The number of carbonyl (C=O) groups excluding carboxylic acids is 2. The van der Waals surface area contributed by atoms with Crippen LogP contribution in [0.15, 0.2) is 78.5 Å². The van der Waals surface area contributed by atoms with Gasteiger partial charge < -0.3 is 19.5 Å². The molecule has 1 saturated heterocycles. The number of aromatic nitrogens is 2. The van der Waals surface area contributed by atoms with Gasteiger partial charge in [0.05, 0.1) is 31.0 Å². The number of fused-ring (bicyclic) bond motifs is 1. The zero-order valence-corrected chi connectivity index (χ0v) is 23.1. The Balaban J connectivity index is 1.65. The van der Waals surface area contributed by atoms with Crippen molar-refractivity contribution in [3.05, 3.63) is 101 Å². The van der Waals surface area contributed by atoms with Crippen molar-refractivity contribution >= 4 is 23.1 Å². The highest BCUT2D eigenvalue weighted by Gasteiger charge is 2.46. The molecule has 0 radical (unpaired) electrons. The minimum Gasteiger partial charge on any atom is -0.505 e. The molecule has 1 atom stereocenters. The Morgan fingerprint density at radius 1 is 1.02 bits per heavy atom. The van der Waals surface area contributed by atoms with Crippen molar-refractivity contribution in [1.82, 2.24) is 14.3 Å². The topological polar surface area (TPSA) is 93.4 Å². The smallest absolute Gasteiger partial charge is 0.295 e. The number of ketones is 1. The van der Waals surface area contributed by atoms with Gasteiger partial charge in [-0.3, -0.25) is 14.0 Å². The zero-order chi connectivity index (χ0) is 28.4. The average molecular weight is 540 g/mol. The van der Waals surface area contributed by atoms with Crippen LogP contribution < -0.4 is 9.47 Å². The number of imidazole rings is 1. The predicted octanol–water partition coefficient (Wildman–Crippen LogP) is 5.70. The summed E-state index contributed by atoms with van der Waals surface area (Å²) in [6, 6.07) is 19.5. The Morgan fingerprint density at radius 2 is 1.77 bits per heavy atom. The van der Waals surface area contributed by atoms with Gasteiger partial charge in [-0.1, -0.05) is 56.3 Å². The molecule has 1 amide bonds. The van der Waals surface area contributed by atoms with E-state index >= 15 is 0 Å². The second-order valence-corrected chi connectivity index (χ2v) is 10.3. The van der Waals surface area contributed by atoms with E-state index in [1.165, 1.54) is 4.90 Å². The van der Waals surface area contributed by atoms with Crippen molar-refractivity contribution in [3.8, 4) is 11.5 Å². The fourth-order valence-electron chi connectivity index (χ4n) is 5.07. The first-order chi connectivity index (χ1) is 19.3. The minimum absolute atomic E-state index is 0.00483. The summed E-state index contributed by atoms with van der Waals surface area (Å²) in [7, 11) is 1.55. The number of ether oxygens (including phenoxy) is 2. The van der Waals surface area contributed by atoms with Crippen molar-refractivity contribution in [2.24, 2.45) is 5.92 Å². The van der Waals surface area contributed by atoms with E-state index in [0.29, 0.717) is 46.6 Å². The molecule has 8 heteroatoms. The molecule has 3 heterocycles. The Labute approximate surface area is 233 Å². The Bertz CT molecular complexity index is 1590. The van der Waals surface area contributed by atoms with E-state index in [1.54, 1.807) is 36.8 Å². The molecule has 206 valence electrons. The number of hydrogen-bond acceptors (Lipinski definition) is 6. The maximum Gasteiger partial charge on any atom is 0.295 e. The Kier molecular flexibility index (Phi) is 7.60. The summed E-state index contributed by atoms with van der Waals surface area (Å²) in [6.07, 6.45) is 2.66. The lowest BCUT2D eigenvalue weighted by Gasteiger charge is -2.26. The van der Waals surface area contributed by atoms with Crippen LogP contribution in [0, 0.1) is 12.8 Å². The van der Waals surface area contributed by atoms with Gasteiger partial charge in [-0.05, 0) is 54.7 Å². The highest BCUT2D eigenvalue weighted by atomic mass is 16.5. The van der Waals surface area contributed by atoms with Crippen molar-refractivity contribution in [3.63, 3.8) is 0 Å². The molecule has 1 aliphatic heterocycles. The van der Waals surface area contributed by atoms with Gasteiger partial charge in [0, 0.05) is 12.7 Å². The number of carbonyl (C=O) groups is 2. The number of benzene rings is 2. The van der Waals surface area contributed by atoms with Crippen LogP contribution in [0.1, 0.15) is 48.8 Å². The van der Waals surface area contributed by atoms with Crippen LogP contribution in [0.4, 0.5) is 0 Å². The second kappa shape index (κ2) is 11.3. The van der Waals surface area contributed by atoms with Crippen molar-refractivity contribution < 1.29 is 24.2 Å². The monoisotopic (exact) mass is 539 g/mol. The van der Waals surface area contributed by atoms with Crippen LogP contribution in [-0.2, 0) is 16.1 Å². The standard InChI is InChI=1S/C32H33N3O5/c1-20(2)15-17-40-24-14-13-23(18-25(24)39-4)29-27(30(36)28-21(3)33-26-12-8-9-16-34(26)28)31(37)32(38)35(29)19-22-10-6-5-7-11-22/h5-14,16,18,20,29,36H,15,17,19H2,1-4H3/b30-27+. The number of methoxy groups -OCH3 is 1. The van der Waals surface area contributed by atoms with Gasteiger partial charge in [0.1, 0.15) is 11.3 Å². The number of hydrogen-bond donors (Lipinski definition) is 1. The van der Waals surface area contributed by atoms with E-state index in [0.717, 1.165) is 12.0 Å². The maximum atomic E-state index is 13.6. The number of pyridine rings is 1. The normalized spacial score (nSPS) is 16.7. The molecule has 1 N–H and O–H groups in total. The van der Waals surface area contributed by atoms with E-state index in [2.05, 4.69) is 18.8 Å². The van der Waals surface area contributed by atoms with E-state index in [1.807, 2.05) is 54.6 Å². The summed E-state index contributed by atoms with van der Waals surface area (Å²) >= 11 is 0. The second-order valence-electron chi connectivity index (χ2n) is 10.3. The summed E-state index contributed by atoms with van der Waals surface area (Å²) in [5.74, 6) is -0.155. The van der Waals surface area contributed by atoms with Crippen LogP contribution >= 0.6 is 0 Å². The number of nitrogens with zero attached hydrogens (tertiary/aromatic N) is 3. The van der Waals surface area contributed by atoms with E-state index < -0.39 is 17.7 Å². The highest BCUT2D eigenvalue weighted by Crippen LogP contribution is 2.43. The summed E-state index contributed by atoms with van der Waals surface area (Å²) in [5.41, 5.74) is 3.03. The lowest BCUT2D eigenvalue weighted by molar-refractivity contribution is -0.140. The van der Waals surface area contributed by atoms with Gasteiger partial charge >= 0.3 is 0 Å². The number of amides is 1. The number of likely N-dealkylation sites (tertiary alicyclic amines) is 1. The fraction of sp³-hybridized carbons (Fsp3) is 0.281. The van der Waals surface area contributed by atoms with Gasteiger partial charge in [0.25, 0.3) is 11.7 Å². The SMILES string of the molecule is COc1cc(C2/C(=C(\O)c3c(C)nc4ccccn34)C(=O)C(=O)N2Cc2ccccc2)ccc1OCCC(C)C. The van der Waals surface area contributed by atoms with E-state index in [-0.39, 0.29) is 17.9 Å². The molecular formula is C32H33N3O5. The van der Waals surface area contributed by atoms with Crippen LogP contribution in [0.5, 0.6) is 11.5 Å². The molecule has 2 aromatic heterocycles. The van der Waals surface area contributed by atoms with Crippen LogP contribution in [0.25, 0.3) is 11.4 Å². The predicted molar refractivity (Wildman–Crippen MR) is 152 cm³/mol. The molecule has 1 unspecified atom stereocenters. The van der Waals surface area contributed by atoms with Gasteiger partial charge in [-0.15, -0.1) is 0 Å². The van der Waals surface area contributed by atoms with Crippen molar-refractivity contribution in [1.29, 1.82) is 0 Å². The molecule has 4 aromatic rings. The van der Waals surface area contributed by atoms with E-state index in [9.17, 15) is 14.7 Å². The molecule has 0 saturated carbocycles. The van der Waals surface area contributed by atoms with E-state index in [4.69, 9.17) is 9.47 Å². The van der Waals surface area contributed by atoms with Crippen LogP contribution in [0.2, 0.25) is 0 Å². The van der Waals surface area contributed by atoms with Gasteiger partial charge in [0.2, 0.25) is 0 Å². The first-order valence-electron chi connectivity index (χ1n) is 13.4. The molecule has 5 rings (SSSR count). The quantitative estimate of drug-likeness (QED) is 0.167. The minimum atomic E-state index is -0.854. The molecule has 0 aliphatic carbocycles. The number of Topliss-reactive ketones (excluding diaryl/α,β-unsaturated/α-hetero) is 1. The Hall–Kier alpha value is -4.59. The van der Waals surface area contributed by atoms with Gasteiger partial charge in [-0.25, -0.2) is 4.98 Å². The Morgan fingerprint density at radius 3 is 2.50 bits per heavy atom. The first kappa shape index (κ1) is 27.0. The lowest BCUT2D eigenvalue weighted by atomic mass is 9.95. The molecule has 0 spiro atoms. The molecule has 40 heavy (non-hydrogen) atoms. The van der Waals surface area contributed by atoms with Crippen molar-refractivity contribution in [2.75, 3.05) is 13.7 Å². The fourth-order valence-corrected chi connectivity index (χ4v) is 5.07. The van der Waals surface area contributed by atoms with Crippen LogP contribution in [0.3, 0.4) is 0 Å². The third-order valence-electron chi connectivity index (χ3n) is 7.12. The molecule has 2 aromatic carbocycles.